The minimum atomic E-state index is 0.489. The number of hydrazone groups is 1. The Bertz CT molecular complexity index is 829. The second-order valence-corrected chi connectivity index (χ2v) is 7.12. The monoisotopic (exact) mass is 366 g/mol. The fourth-order valence-electron chi connectivity index (χ4n) is 3.37. The first-order chi connectivity index (χ1) is 12.6. The van der Waals surface area contributed by atoms with E-state index < -0.39 is 0 Å². The first-order valence-electron chi connectivity index (χ1n) is 9.12. The topological polar surface area (TPSA) is 39.7 Å². The zero-order valence-corrected chi connectivity index (χ0v) is 16.5. The van der Waals surface area contributed by atoms with Gasteiger partial charge in [-0.25, -0.2) is 0 Å². The fourth-order valence-corrected chi connectivity index (χ4v) is 3.54. The van der Waals surface area contributed by atoms with Gasteiger partial charge in [-0.1, -0.05) is 23.8 Å². The molecule has 0 unspecified atom stereocenters. The van der Waals surface area contributed by atoms with Gasteiger partial charge in [0.2, 0.25) is 0 Å². The molecule has 26 heavy (non-hydrogen) atoms. The predicted octanol–water partition coefficient (Wildman–Crippen LogP) is 4.40. The number of anilines is 2. The number of aryl methyl sites for hydroxylation is 3. The van der Waals surface area contributed by atoms with Crippen LogP contribution >= 0.6 is 12.2 Å². The lowest BCUT2D eigenvalue weighted by Gasteiger charge is -2.30. The predicted molar refractivity (Wildman–Crippen MR) is 116 cm³/mol. The molecule has 0 saturated heterocycles. The molecule has 2 N–H and O–H groups in total. The molecule has 2 aromatic rings. The van der Waals surface area contributed by atoms with Gasteiger partial charge in [0.25, 0.3) is 0 Å². The van der Waals surface area contributed by atoms with Crippen LogP contribution in [0, 0.1) is 13.8 Å². The molecule has 0 aliphatic carbocycles. The zero-order chi connectivity index (χ0) is 18.5. The van der Waals surface area contributed by atoms with Crippen LogP contribution in [0.5, 0.6) is 0 Å². The number of rotatable bonds is 4. The van der Waals surface area contributed by atoms with Crippen LogP contribution in [-0.2, 0) is 6.42 Å². The first kappa shape index (κ1) is 18.4. The van der Waals surface area contributed by atoms with Gasteiger partial charge in [-0.05, 0) is 80.7 Å². The molecule has 1 aliphatic rings. The molecular formula is C21H26N4S. The summed E-state index contributed by atoms with van der Waals surface area (Å²) in [5.74, 6) is 0. The first-order valence-corrected chi connectivity index (χ1v) is 9.53. The van der Waals surface area contributed by atoms with Gasteiger partial charge in [0, 0.05) is 24.5 Å². The third kappa shape index (κ3) is 4.41. The number of hydrogen-bond donors (Lipinski definition) is 2. The summed E-state index contributed by atoms with van der Waals surface area (Å²) in [5.41, 5.74) is 10.1. The van der Waals surface area contributed by atoms with Crippen molar-refractivity contribution in [3.8, 4) is 0 Å². The summed E-state index contributed by atoms with van der Waals surface area (Å²) in [6.45, 7) is 8.55. The Kier molecular flexibility index (Phi) is 5.89. The normalized spacial score (nSPS) is 13.6. The standard InChI is InChI=1S/C21H26N4S/c1-4-25-11-5-6-18-13-17(8-10-20(18)25)14-22-24-21(26)23-19-9-7-15(2)12-16(19)3/h7-10,12-14H,4-6,11H2,1-3H3,(H2,23,24,26)/b22-14-. The summed E-state index contributed by atoms with van der Waals surface area (Å²) in [4.78, 5) is 2.43. The third-order valence-electron chi connectivity index (χ3n) is 4.71. The van der Waals surface area contributed by atoms with Gasteiger partial charge < -0.3 is 10.2 Å². The van der Waals surface area contributed by atoms with E-state index in [0.29, 0.717) is 5.11 Å². The Morgan fingerprint density at radius 1 is 1.23 bits per heavy atom. The summed E-state index contributed by atoms with van der Waals surface area (Å²) < 4.78 is 0. The quantitative estimate of drug-likeness (QED) is 0.478. The molecule has 0 spiro atoms. The Balaban J connectivity index is 1.61. The molecule has 0 saturated carbocycles. The van der Waals surface area contributed by atoms with Crippen molar-refractivity contribution in [2.75, 3.05) is 23.3 Å². The summed E-state index contributed by atoms with van der Waals surface area (Å²) in [6, 6.07) is 12.8. The lowest BCUT2D eigenvalue weighted by atomic mass is 9.99. The summed E-state index contributed by atoms with van der Waals surface area (Å²) in [6.07, 6.45) is 4.17. The summed E-state index contributed by atoms with van der Waals surface area (Å²) in [7, 11) is 0. The molecule has 0 fully saturated rings. The molecule has 136 valence electrons. The smallest absolute Gasteiger partial charge is 0.191 e. The van der Waals surface area contributed by atoms with E-state index in [4.69, 9.17) is 12.2 Å². The number of hydrogen-bond acceptors (Lipinski definition) is 3. The van der Waals surface area contributed by atoms with E-state index in [1.807, 2.05) is 12.3 Å². The van der Waals surface area contributed by atoms with Gasteiger partial charge >= 0.3 is 0 Å². The maximum Gasteiger partial charge on any atom is 0.191 e. The Morgan fingerprint density at radius 2 is 2.08 bits per heavy atom. The van der Waals surface area contributed by atoms with Gasteiger partial charge in [-0.2, -0.15) is 5.10 Å². The molecule has 3 rings (SSSR count). The average Bonchev–Trinajstić information content (AvgIpc) is 2.63. The SMILES string of the molecule is CCN1CCCc2cc(/C=N\NC(=S)Nc3ccc(C)cc3C)ccc21. The van der Waals surface area contributed by atoms with Gasteiger partial charge in [0.05, 0.1) is 6.21 Å². The zero-order valence-electron chi connectivity index (χ0n) is 15.7. The van der Waals surface area contributed by atoms with E-state index in [0.717, 1.165) is 36.3 Å². The Hall–Kier alpha value is -2.40. The minimum absolute atomic E-state index is 0.489. The van der Waals surface area contributed by atoms with Gasteiger partial charge in [0.1, 0.15) is 0 Å². The van der Waals surface area contributed by atoms with Crippen molar-refractivity contribution in [1.82, 2.24) is 5.43 Å². The molecule has 0 radical (unpaired) electrons. The van der Waals surface area contributed by atoms with Crippen LogP contribution in [0.4, 0.5) is 11.4 Å². The van der Waals surface area contributed by atoms with Gasteiger partial charge in [-0.15, -0.1) is 0 Å². The molecule has 2 aromatic carbocycles. The minimum Gasteiger partial charge on any atom is -0.372 e. The third-order valence-corrected chi connectivity index (χ3v) is 4.90. The Morgan fingerprint density at radius 3 is 2.85 bits per heavy atom. The summed E-state index contributed by atoms with van der Waals surface area (Å²) >= 11 is 5.33. The van der Waals surface area contributed by atoms with Crippen LogP contribution in [-0.4, -0.2) is 24.4 Å². The number of nitrogens with zero attached hydrogens (tertiary/aromatic N) is 2. The lowest BCUT2D eigenvalue weighted by Crippen LogP contribution is -2.28. The molecule has 0 atom stereocenters. The highest BCUT2D eigenvalue weighted by Crippen LogP contribution is 2.27. The van der Waals surface area contributed by atoms with E-state index in [9.17, 15) is 0 Å². The lowest BCUT2D eigenvalue weighted by molar-refractivity contribution is 0.708. The highest BCUT2D eigenvalue weighted by molar-refractivity contribution is 7.80. The fraction of sp³-hybridized carbons (Fsp3) is 0.333. The van der Waals surface area contributed by atoms with Crippen molar-refractivity contribution in [3.63, 3.8) is 0 Å². The van der Waals surface area contributed by atoms with Crippen molar-refractivity contribution in [3.05, 3.63) is 58.7 Å². The second-order valence-electron chi connectivity index (χ2n) is 6.71. The van der Waals surface area contributed by atoms with Gasteiger partial charge in [-0.3, -0.25) is 5.43 Å². The average molecular weight is 367 g/mol. The maximum atomic E-state index is 5.33. The van der Waals surface area contributed by atoms with Crippen molar-refractivity contribution in [2.45, 2.75) is 33.6 Å². The van der Waals surface area contributed by atoms with E-state index in [2.05, 4.69) is 71.8 Å². The molecule has 4 nitrogen and oxygen atoms in total. The molecule has 0 bridgehead atoms. The summed E-state index contributed by atoms with van der Waals surface area (Å²) in [5, 5.41) is 7.96. The largest absolute Gasteiger partial charge is 0.372 e. The molecule has 5 heteroatoms. The highest BCUT2D eigenvalue weighted by atomic mass is 32.1. The molecular weight excluding hydrogens is 340 g/mol. The van der Waals surface area contributed by atoms with E-state index in [-0.39, 0.29) is 0 Å². The van der Waals surface area contributed by atoms with Crippen LogP contribution in [0.25, 0.3) is 0 Å². The van der Waals surface area contributed by atoms with Crippen LogP contribution in [0.3, 0.4) is 0 Å². The van der Waals surface area contributed by atoms with Crippen LogP contribution in [0.2, 0.25) is 0 Å². The van der Waals surface area contributed by atoms with E-state index in [1.165, 1.54) is 23.2 Å². The highest BCUT2D eigenvalue weighted by Gasteiger charge is 2.15. The van der Waals surface area contributed by atoms with Crippen molar-refractivity contribution >= 4 is 34.9 Å². The number of fused-ring (bicyclic) bond motifs is 1. The second kappa shape index (κ2) is 8.32. The van der Waals surface area contributed by atoms with Crippen LogP contribution in [0.1, 0.15) is 35.6 Å². The van der Waals surface area contributed by atoms with Crippen LogP contribution in [0.15, 0.2) is 41.5 Å². The van der Waals surface area contributed by atoms with Crippen molar-refractivity contribution < 1.29 is 0 Å². The molecule has 0 amide bonds. The van der Waals surface area contributed by atoms with Crippen LogP contribution < -0.4 is 15.6 Å². The number of nitrogens with one attached hydrogen (secondary N) is 2. The van der Waals surface area contributed by atoms with Crippen molar-refractivity contribution in [1.29, 1.82) is 0 Å². The number of benzene rings is 2. The maximum absolute atomic E-state index is 5.33. The van der Waals surface area contributed by atoms with Crippen molar-refractivity contribution in [2.24, 2.45) is 5.10 Å². The van der Waals surface area contributed by atoms with E-state index in [1.54, 1.807) is 0 Å². The molecule has 1 aliphatic heterocycles. The number of thiocarbonyl (C=S) groups is 1. The molecule has 0 aromatic heterocycles. The van der Waals surface area contributed by atoms with Gasteiger partial charge in [0.15, 0.2) is 5.11 Å². The van der Waals surface area contributed by atoms with E-state index >= 15 is 0 Å². The molecule has 1 heterocycles. The Labute approximate surface area is 161 Å².